The van der Waals surface area contributed by atoms with Crippen LogP contribution >= 0.6 is 11.6 Å². The largest absolute Gasteiger partial charge is 0.506 e. The molecule has 21 heavy (non-hydrogen) atoms. The van der Waals surface area contributed by atoms with Gasteiger partial charge in [0.1, 0.15) is 5.75 Å². The standard InChI is InChI=1S/C16H14ClN3O/c17-15-8-12(4-5-16(15)21)10-19-13-2-1-3-14(9-13)20-7-6-18-11-20/h1-9,11,19,21H,10H2. The molecule has 4 nitrogen and oxygen atoms in total. The first-order valence-corrected chi connectivity index (χ1v) is 6.90. The van der Waals surface area contributed by atoms with E-state index in [1.165, 1.54) is 0 Å². The van der Waals surface area contributed by atoms with Crippen LogP contribution in [0.3, 0.4) is 0 Å². The summed E-state index contributed by atoms with van der Waals surface area (Å²) in [4.78, 5) is 4.04. The molecule has 3 aromatic rings. The van der Waals surface area contributed by atoms with Gasteiger partial charge in [0, 0.05) is 30.3 Å². The summed E-state index contributed by atoms with van der Waals surface area (Å²) in [6.07, 6.45) is 5.41. The van der Waals surface area contributed by atoms with Gasteiger partial charge in [0.05, 0.1) is 11.3 Å². The Morgan fingerprint density at radius 1 is 1.19 bits per heavy atom. The topological polar surface area (TPSA) is 50.1 Å². The van der Waals surface area contributed by atoms with E-state index in [2.05, 4.69) is 10.3 Å². The minimum atomic E-state index is 0.0996. The third kappa shape index (κ3) is 3.17. The summed E-state index contributed by atoms with van der Waals surface area (Å²) >= 11 is 5.90. The van der Waals surface area contributed by atoms with Gasteiger partial charge in [-0.3, -0.25) is 0 Å². The summed E-state index contributed by atoms with van der Waals surface area (Å²) < 4.78 is 1.95. The minimum Gasteiger partial charge on any atom is -0.506 e. The summed E-state index contributed by atoms with van der Waals surface area (Å²) in [5.74, 6) is 0.0996. The molecule has 2 aromatic carbocycles. The van der Waals surface area contributed by atoms with Gasteiger partial charge in [-0.25, -0.2) is 4.98 Å². The fourth-order valence-electron chi connectivity index (χ4n) is 2.05. The van der Waals surface area contributed by atoms with Crippen molar-refractivity contribution in [2.75, 3.05) is 5.32 Å². The molecule has 106 valence electrons. The lowest BCUT2D eigenvalue weighted by Crippen LogP contribution is -2.00. The van der Waals surface area contributed by atoms with Crippen molar-refractivity contribution >= 4 is 17.3 Å². The Balaban J connectivity index is 1.73. The number of hydrogen-bond acceptors (Lipinski definition) is 3. The highest BCUT2D eigenvalue weighted by atomic mass is 35.5. The Bertz CT molecular complexity index is 741. The zero-order valence-corrected chi connectivity index (χ0v) is 12.0. The lowest BCUT2D eigenvalue weighted by molar-refractivity contribution is 0.475. The van der Waals surface area contributed by atoms with Gasteiger partial charge in [-0.15, -0.1) is 0 Å². The highest BCUT2D eigenvalue weighted by Gasteiger charge is 2.01. The van der Waals surface area contributed by atoms with E-state index in [-0.39, 0.29) is 5.75 Å². The highest BCUT2D eigenvalue weighted by molar-refractivity contribution is 6.32. The van der Waals surface area contributed by atoms with Crippen LogP contribution < -0.4 is 5.32 Å². The quantitative estimate of drug-likeness (QED) is 0.769. The molecule has 0 unspecified atom stereocenters. The Kier molecular flexibility index (Phi) is 3.79. The normalized spacial score (nSPS) is 10.5. The monoisotopic (exact) mass is 299 g/mol. The molecule has 2 N–H and O–H groups in total. The molecule has 1 aromatic heterocycles. The Morgan fingerprint density at radius 3 is 2.86 bits per heavy atom. The van der Waals surface area contributed by atoms with Crippen molar-refractivity contribution in [3.63, 3.8) is 0 Å². The SMILES string of the molecule is Oc1ccc(CNc2cccc(-n3ccnc3)c2)cc1Cl. The van der Waals surface area contributed by atoms with E-state index in [9.17, 15) is 5.11 Å². The first-order chi connectivity index (χ1) is 10.2. The first kappa shape index (κ1) is 13.5. The van der Waals surface area contributed by atoms with Gasteiger partial charge in [-0.2, -0.15) is 0 Å². The van der Waals surface area contributed by atoms with E-state index in [4.69, 9.17) is 11.6 Å². The van der Waals surface area contributed by atoms with Crippen molar-refractivity contribution in [1.29, 1.82) is 0 Å². The van der Waals surface area contributed by atoms with Gasteiger partial charge in [0.25, 0.3) is 0 Å². The highest BCUT2D eigenvalue weighted by Crippen LogP contribution is 2.24. The summed E-state index contributed by atoms with van der Waals surface area (Å²) in [7, 11) is 0. The lowest BCUT2D eigenvalue weighted by atomic mass is 10.2. The molecule has 0 spiro atoms. The van der Waals surface area contributed by atoms with Crippen LogP contribution in [-0.2, 0) is 6.54 Å². The van der Waals surface area contributed by atoms with E-state index >= 15 is 0 Å². The maximum atomic E-state index is 9.41. The third-order valence-corrected chi connectivity index (χ3v) is 3.46. The third-order valence-electron chi connectivity index (χ3n) is 3.16. The molecule has 0 bridgehead atoms. The van der Waals surface area contributed by atoms with Crippen molar-refractivity contribution < 1.29 is 5.11 Å². The zero-order chi connectivity index (χ0) is 14.7. The molecule has 5 heteroatoms. The fraction of sp³-hybridized carbons (Fsp3) is 0.0625. The van der Waals surface area contributed by atoms with E-state index in [1.54, 1.807) is 24.7 Å². The summed E-state index contributed by atoms with van der Waals surface area (Å²) in [5.41, 5.74) is 3.05. The van der Waals surface area contributed by atoms with E-state index < -0.39 is 0 Å². The maximum absolute atomic E-state index is 9.41. The average Bonchev–Trinajstić information content (AvgIpc) is 3.03. The first-order valence-electron chi connectivity index (χ1n) is 6.52. The molecule has 0 atom stereocenters. The molecule has 0 aliphatic carbocycles. The second-order valence-electron chi connectivity index (χ2n) is 4.66. The molecule has 0 aliphatic heterocycles. The maximum Gasteiger partial charge on any atom is 0.134 e. The predicted molar refractivity (Wildman–Crippen MR) is 84.0 cm³/mol. The molecule has 3 rings (SSSR count). The minimum absolute atomic E-state index is 0.0996. The fourth-order valence-corrected chi connectivity index (χ4v) is 2.26. The van der Waals surface area contributed by atoms with Crippen molar-refractivity contribution in [3.05, 3.63) is 71.8 Å². The number of aromatic nitrogens is 2. The number of phenolic OH excluding ortho intramolecular Hbond substituents is 1. The molecule has 0 fully saturated rings. The summed E-state index contributed by atoms with van der Waals surface area (Å²) in [6.45, 7) is 0.632. The van der Waals surface area contributed by atoms with Gasteiger partial charge in [0.2, 0.25) is 0 Å². The number of nitrogens with one attached hydrogen (secondary N) is 1. The van der Waals surface area contributed by atoms with Crippen LogP contribution in [-0.4, -0.2) is 14.7 Å². The van der Waals surface area contributed by atoms with E-state index in [0.717, 1.165) is 16.9 Å². The van der Waals surface area contributed by atoms with Crippen LogP contribution in [0.25, 0.3) is 5.69 Å². The summed E-state index contributed by atoms with van der Waals surface area (Å²) in [6, 6.07) is 13.2. The molecule has 1 heterocycles. The second-order valence-corrected chi connectivity index (χ2v) is 5.07. The van der Waals surface area contributed by atoms with Crippen LogP contribution in [0, 0.1) is 0 Å². The Labute approximate surface area is 127 Å². The number of rotatable bonds is 4. The van der Waals surface area contributed by atoms with Gasteiger partial charge in [-0.1, -0.05) is 23.7 Å². The number of halogens is 1. The molecule has 0 aliphatic rings. The van der Waals surface area contributed by atoms with Crippen LogP contribution in [0.2, 0.25) is 5.02 Å². The molecular weight excluding hydrogens is 286 g/mol. The van der Waals surface area contributed by atoms with Gasteiger partial charge in [-0.05, 0) is 35.9 Å². The van der Waals surface area contributed by atoms with Crippen molar-refractivity contribution in [3.8, 4) is 11.4 Å². The smallest absolute Gasteiger partial charge is 0.134 e. The van der Waals surface area contributed by atoms with E-state index in [0.29, 0.717) is 11.6 Å². The Morgan fingerprint density at radius 2 is 2.10 bits per heavy atom. The number of phenols is 1. The van der Waals surface area contributed by atoms with Gasteiger partial charge in [0.15, 0.2) is 0 Å². The van der Waals surface area contributed by atoms with E-state index in [1.807, 2.05) is 41.1 Å². The number of aromatic hydroxyl groups is 1. The number of benzene rings is 2. The summed E-state index contributed by atoms with van der Waals surface area (Å²) in [5, 5.41) is 13.1. The van der Waals surface area contributed by atoms with Crippen molar-refractivity contribution in [2.24, 2.45) is 0 Å². The number of nitrogens with zero attached hydrogens (tertiary/aromatic N) is 2. The second kappa shape index (κ2) is 5.89. The molecular formula is C16H14ClN3O. The molecule has 0 saturated heterocycles. The van der Waals surface area contributed by atoms with Crippen LogP contribution in [0.15, 0.2) is 61.2 Å². The van der Waals surface area contributed by atoms with Crippen LogP contribution in [0.4, 0.5) is 5.69 Å². The molecule has 0 saturated carbocycles. The van der Waals surface area contributed by atoms with Gasteiger partial charge < -0.3 is 15.0 Å². The zero-order valence-electron chi connectivity index (χ0n) is 11.2. The predicted octanol–water partition coefficient (Wildman–Crippen LogP) is 3.84. The number of anilines is 1. The lowest BCUT2D eigenvalue weighted by Gasteiger charge is -2.09. The number of imidazole rings is 1. The molecule has 0 amide bonds. The van der Waals surface area contributed by atoms with Crippen LogP contribution in [0.1, 0.15) is 5.56 Å². The average molecular weight is 300 g/mol. The van der Waals surface area contributed by atoms with Crippen molar-refractivity contribution in [1.82, 2.24) is 9.55 Å². The Hall–Kier alpha value is -2.46. The van der Waals surface area contributed by atoms with Crippen LogP contribution in [0.5, 0.6) is 5.75 Å². The van der Waals surface area contributed by atoms with Crippen molar-refractivity contribution in [2.45, 2.75) is 6.54 Å². The number of hydrogen-bond donors (Lipinski definition) is 2. The van der Waals surface area contributed by atoms with Gasteiger partial charge >= 0.3 is 0 Å². The molecule has 0 radical (unpaired) electrons.